The first-order valence-electron chi connectivity index (χ1n) is 20.7. The molecule has 0 saturated carbocycles. The van der Waals surface area contributed by atoms with E-state index in [-0.39, 0.29) is 0 Å². The Bertz CT molecular complexity index is 2300. The van der Waals surface area contributed by atoms with Crippen molar-refractivity contribution < 1.29 is 0 Å². The van der Waals surface area contributed by atoms with Crippen molar-refractivity contribution in [2.45, 2.75) is 0 Å². The number of nitrogens with zero attached hydrogens (tertiary/aromatic N) is 3. The quantitative estimate of drug-likeness (QED) is 0.136. The van der Waals surface area contributed by atoms with Gasteiger partial charge in [-0.15, -0.1) is 0 Å². The van der Waals surface area contributed by atoms with E-state index in [1.165, 1.54) is 48.2 Å². The monoisotopic (exact) mass is 819 g/mol. The maximum absolute atomic E-state index is 3.60. The van der Waals surface area contributed by atoms with Gasteiger partial charge in [0.1, 0.15) is 0 Å². The Kier molecular flexibility index (Phi) is 9.95. The molecule has 0 bridgehead atoms. The molecule has 10 rings (SSSR count). The summed E-state index contributed by atoms with van der Waals surface area (Å²) in [5, 5.41) is 7.94. The third kappa shape index (κ3) is 5.75. The third-order valence-corrected chi connectivity index (χ3v) is 30.1. The Balaban J connectivity index is 1.59. The molecule has 0 radical (unpaired) electrons. The molecular weight excluding hydrogens is 775 g/mol. The Morgan fingerprint density at radius 1 is 0.167 bits per heavy atom. The Hall–Kier alpha value is -6.97. The first-order valence-corrected chi connectivity index (χ1v) is 26.4. The molecule has 0 N–H and O–H groups in total. The SMILES string of the molecule is c1ccc(N2[Si](c3ccccc3)(c3ccccc3)N(c3ccccc3)[Si](c3ccccc3)(c3ccccc3)N(c3ccccc3)[Si]2(c2ccccc2)c2ccccc2)cc1. The fourth-order valence-corrected chi connectivity index (χ4v) is 34.7. The second-order valence-electron chi connectivity index (χ2n) is 15.2. The zero-order valence-electron chi connectivity index (χ0n) is 33.3. The molecule has 0 unspecified atom stereocenters. The van der Waals surface area contributed by atoms with Crippen molar-refractivity contribution in [1.82, 2.24) is 0 Å². The normalized spacial score (nSPS) is 15.3. The summed E-state index contributed by atoms with van der Waals surface area (Å²) in [4.78, 5) is 0. The maximum atomic E-state index is 3.03. The van der Waals surface area contributed by atoms with Gasteiger partial charge in [-0.2, -0.15) is 0 Å². The predicted molar refractivity (Wildman–Crippen MR) is 260 cm³/mol. The molecule has 3 nitrogen and oxygen atoms in total. The van der Waals surface area contributed by atoms with Crippen molar-refractivity contribution >= 4 is 73.4 Å². The Labute approximate surface area is 357 Å². The van der Waals surface area contributed by atoms with Gasteiger partial charge in [-0.25, -0.2) is 0 Å². The molecular formula is C54H45N3Si3. The van der Waals surface area contributed by atoms with Crippen molar-refractivity contribution in [1.29, 1.82) is 0 Å². The summed E-state index contributed by atoms with van der Waals surface area (Å²) in [5.41, 5.74) is 3.59. The fraction of sp³-hybridized carbons (Fsp3) is 0. The van der Waals surface area contributed by atoms with Gasteiger partial charge in [-0.1, -0.05) is 237 Å². The lowest BCUT2D eigenvalue weighted by Crippen LogP contribution is -3.07. The molecule has 60 heavy (non-hydrogen) atoms. The lowest BCUT2D eigenvalue weighted by molar-refractivity contribution is 1.21. The molecule has 1 saturated heterocycles. The maximum Gasteiger partial charge on any atom is 0.318 e. The van der Waals surface area contributed by atoms with Gasteiger partial charge in [0.15, 0.2) is 0 Å². The highest BCUT2D eigenvalue weighted by atomic mass is 28.5. The summed E-state index contributed by atoms with van der Waals surface area (Å²) in [7, 11) is -10.8. The summed E-state index contributed by atoms with van der Waals surface area (Å²) in [5.74, 6) is 0. The van der Waals surface area contributed by atoms with Crippen LogP contribution in [0.3, 0.4) is 0 Å². The van der Waals surface area contributed by atoms with Gasteiger partial charge < -0.3 is 12.7 Å². The molecule has 1 heterocycles. The largest absolute Gasteiger partial charge is 0.378 e. The van der Waals surface area contributed by atoms with Gasteiger partial charge in [0.05, 0.1) is 0 Å². The van der Waals surface area contributed by atoms with Crippen LogP contribution in [0.4, 0.5) is 17.1 Å². The van der Waals surface area contributed by atoms with E-state index in [1.54, 1.807) is 0 Å². The van der Waals surface area contributed by atoms with Crippen molar-refractivity contribution in [2.75, 3.05) is 12.7 Å². The lowest BCUT2D eigenvalue weighted by atomic mass is 10.3. The molecule has 0 aromatic heterocycles. The Morgan fingerprint density at radius 2 is 0.300 bits per heavy atom. The molecule has 1 fully saturated rings. The van der Waals surface area contributed by atoms with Gasteiger partial charge in [-0.05, 0) is 67.5 Å². The van der Waals surface area contributed by atoms with E-state index in [2.05, 4.69) is 286 Å². The summed E-state index contributed by atoms with van der Waals surface area (Å²) in [6.45, 7) is 0. The smallest absolute Gasteiger partial charge is 0.318 e. The molecule has 288 valence electrons. The molecule has 0 atom stereocenters. The number of hydrogen-bond donors (Lipinski definition) is 0. The summed E-state index contributed by atoms with van der Waals surface area (Å²) < 4.78 is 9.10. The number of para-hydroxylation sites is 3. The molecule has 1 aliphatic heterocycles. The number of rotatable bonds is 9. The van der Waals surface area contributed by atoms with Crippen LogP contribution in [0.25, 0.3) is 0 Å². The first-order chi connectivity index (χ1) is 29.8. The minimum Gasteiger partial charge on any atom is -0.378 e. The first kappa shape index (κ1) is 37.3. The van der Waals surface area contributed by atoms with E-state index in [4.69, 9.17) is 0 Å². The van der Waals surface area contributed by atoms with Crippen molar-refractivity contribution in [3.05, 3.63) is 273 Å². The highest BCUT2D eigenvalue weighted by Crippen LogP contribution is 2.46. The summed E-state index contributed by atoms with van der Waals surface area (Å²) in [6, 6.07) is 103. The molecule has 0 aliphatic carbocycles. The number of anilines is 3. The summed E-state index contributed by atoms with van der Waals surface area (Å²) >= 11 is 0. The average Bonchev–Trinajstić information content (AvgIpc) is 3.35. The number of hydrogen-bond acceptors (Lipinski definition) is 3. The highest BCUT2D eigenvalue weighted by molar-refractivity contribution is 7.38. The van der Waals surface area contributed by atoms with E-state index in [1.807, 2.05) is 0 Å². The molecule has 6 heteroatoms. The van der Waals surface area contributed by atoms with Crippen LogP contribution in [0.5, 0.6) is 0 Å². The standard InChI is InChI=1S/C54H45N3Si3/c1-10-28-46(29-11-1)55-58(49-34-16-4-17-35-49,50-36-18-5-19-37-50)56(47-30-12-2-13-31-47)60(53-42-24-8-25-43-53,54-44-26-9-27-45-54)57(48-32-14-3-15-33-48)59(55,51-38-20-6-21-39-51)52-40-22-7-23-41-52/h1-45H. The minimum absolute atomic E-state index is 1.20. The minimum atomic E-state index is -3.60. The van der Waals surface area contributed by atoms with Crippen LogP contribution in [0, 0.1) is 0 Å². The zero-order valence-corrected chi connectivity index (χ0v) is 36.3. The topological polar surface area (TPSA) is 9.72 Å². The van der Waals surface area contributed by atoms with Gasteiger partial charge in [0.2, 0.25) is 0 Å². The van der Waals surface area contributed by atoms with Gasteiger partial charge in [0, 0.05) is 17.1 Å². The molecule has 0 spiro atoms. The molecule has 1 aliphatic rings. The lowest BCUT2D eigenvalue weighted by Gasteiger charge is -2.73. The second-order valence-corrected chi connectivity index (χ2v) is 26.7. The van der Waals surface area contributed by atoms with Crippen LogP contribution in [-0.4, -0.2) is 25.2 Å². The third-order valence-electron chi connectivity index (χ3n) is 12.0. The fourth-order valence-electron chi connectivity index (χ4n) is 9.93. The van der Waals surface area contributed by atoms with Crippen LogP contribution < -0.4 is 43.8 Å². The number of benzene rings is 9. The molecule has 9 aromatic carbocycles. The van der Waals surface area contributed by atoms with Gasteiger partial charge >= 0.3 is 25.2 Å². The second kappa shape index (κ2) is 16.0. The predicted octanol–water partition coefficient (Wildman–Crippen LogP) is 8.29. The summed E-state index contributed by atoms with van der Waals surface area (Å²) in [6.07, 6.45) is 0. The van der Waals surface area contributed by atoms with Crippen LogP contribution in [-0.2, 0) is 0 Å². The highest BCUT2D eigenvalue weighted by Gasteiger charge is 2.75. The van der Waals surface area contributed by atoms with Gasteiger partial charge in [-0.3, -0.25) is 0 Å². The average molecular weight is 820 g/mol. The van der Waals surface area contributed by atoms with Crippen molar-refractivity contribution in [2.24, 2.45) is 0 Å². The van der Waals surface area contributed by atoms with Crippen LogP contribution in [0.15, 0.2) is 273 Å². The van der Waals surface area contributed by atoms with E-state index in [9.17, 15) is 0 Å². The van der Waals surface area contributed by atoms with Crippen molar-refractivity contribution in [3.8, 4) is 0 Å². The van der Waals surface area contributed by atoms with E-state index < -0.39 is 25.2 Å². The van der Waals surface area contributed by atoms with E-state index in [0.29, 0.717) is 0 Å². The molecule has 9 aromatic rings. The van der Waals surface area contributed by atoms with E-state index >= 15 is 0 Å². The van der Waals surface area contributed by atoms with Crippen LogP contribution in [0.1, 0.15) is 0 Å². The molecule has 0 amide bonds. The van der Waals surface area contributed by atoms with Crippen LogP contribution in [0.2, 0.25) is 0 Å². The zero-order chi connectivity index (χ0) is 40.2. The van der Waals surface area contributed by atoms with E-state index in [0.717, 1.165) is 0 Å². The Morgan fingerprint density at radius 3 is 0.450 bits per heavy atom. The van der Waals surface area contributed by atoms with Crippen molar-refractivity contribution in [3.63, 3.8) is 0 Å². The van der Waals surface area contributed by atoms with Crippen LogP contribution >= 0.6 is 0 Å². The van der Waals surface area contributed by atoms with Gasteiger partial charge in [0.25, 0.3) is 0 Å².